The van der Waals surface area contributed by atoms with Crippen molar-refractivity contribution in [3.63, 3.8) is 0 Å². The van der Waals surface area contributed by atoms with E-state index in [9.17, 15) is 5.11 Å². The van der Waals surface area contributed by atoms with E-state index >= 15 is 0 Å². The van der Waals surface area contributed by atoms with Gasteiger partial charge in [-0.3, -0.25) is 0 Å². The van der Waals surface area contributed by atoms with Crippen LogP contribution in [0.25, 0.3) is 0 Å². The van der Waals surface area contributed by atoms with Gasteiger partial charge in [0.25, 0.3) is 0 Å². The first-order chi connectivity index (χ1) is 7.17. The highest BCUT2D eigenvalue weighted by atomic mass is 16.5. The van der Waals surface area contributed by atoms with E-state index in [1.165, 1.54) is 0 Å². The van der Waals surface area contributed by atoms with E-state index in [2.05, 4.69) is 4.90 Å². The van der Waals surface area contributed by atoms with E-state index < -0.39 is 0 Å². The molecule has 0 spiro atoms. The van der Waals surface area contributed by atoms with E-state index in [4.69, 9.17) is 10.5 Å². The number of phenolic OH excluding ortho intramolecular Hbond substituents is 1. The van der Waals surface area contributed by atoms with Gasteiger partial charge in [-0.2, -0.15) is 0 Å². The topological polar surface area (TPSA) is 58.7 Å². The fraction of sp³-hybridized carbons (Fsp3) is 0.455. The molecule has 0 aliphatic rings. The highest BCUT2D eigenvalue weighted by molar-refractivity contribution is 5.39. The van der Waals surface area contributed by atoms with Crippen LogP contribution in [0.4, 0.5) is 0 Å². The monoisotopic (exact) mass is 210 g/mol. The number of hydrogen-bond acceptors (Lipinski definition) is 4. The van der Waals surface area contributed by atoms with Gasteiger partial charge in [-0.05, 0) is 13.1 Å². The van der Waals surface area contributed by atoms with Crippen molar-refractivity contribution in [2.24, 2.45) is 5.73 Å². The molecule has 3 N–H and O–H groups in total. The van der Waals surface area contributed by atoms with Crippen molar-refractivity contribution in [1.29, 1.82) is 0 Å². The van der Waals surface area contributed by atoms with Crippen molar-refractivity contribution in [1.82, 2.24) is 4.90 Å². The van der Waals surface area contributed by atoms with E-state index in [0.29, 0.717) is 18.8 Å². The second kappa shape index (κ2) is 5.58. The second-order valence-corrected chi connectivity index (χ2v) is 3.52. The molecule has 0 saturated heterocycles. The number of rotatable bonds is 5. The molecule has 84 valence electrons. The summed E-state index contributed by atoms with van der Waals surface area (Å²) in [6.07, 6.45) is 0. The zero-order valence-electron chi connectivity index (χ0n) is 9.23. The minimum absolute atomic E-state index is 0.262. The Kier molecular flexibility index (Phi) is 4.39. The Morgan fingerprint density at radius 2 is 2.20 bits per heavy atom. The smallest absolute Gasteiger partial charge is 0.123 e. The lowest BCUT2D eigenvalue weighted by Gasteiger charge is -2.16. The van der Waals surface area contributed by atoms with E-state index in [1.807, 2.05) is 19.2 Å². The Labute approximate surface area is 90.3 Å². The average Bonchev–Trinajstić information content (AvgIpc) is 2.21. The molecule has 0 atom stereocenters. The van der Waals surface area contributed by atoms with Gasteiger partial charge in [-0.25, -0.2) is 0 Å². The molecule has 1 aromatic rings. The number of likely N-dealkylation sites (N-methyl/N-ethyl adjacent to an activating group) is 1. The summed E-state index contributed by atoms with van der Waals surface area (Å²) in [5.74, 6) is 0.927. The van der Waals surface area contributed by atoms with Gasteiger partial charge in [0.15, 0.2) is 0 Å². The SMILES string of the molecule is COc1ccc(CN(C)CCN)c(O)c1. The van der Waals surface area contributed by atoms with E-state index in [0.717, 1.165) is 12.1 Å². The molecule has 0 aromatic heterocycles. The van der Waals surface area contributed by atoms with Crippen LogP contribution in [0.15, 0.2) is 18.2 Å². The average molecular weight is 210 g/mol. The van der Waals surface area contributed by atoms with Crippen LogP contribution in [0.1, 0.15) is 5.56 Å². The Balaban J connectivity index is 2.69. The Morgan fingerprint density at radius 1 is 1.47 bits per heavy atom. The number of methoxy groups -OCH3 is 1. The molecule has 1 aromatic carbocycles. The number of hydrogen-bond donors (Lipinski definition) is 2. The molecule has 15 heavy (non-hydrogen) atoms. The third-order valence-corrected chi connectivity index (χ3v) is 2.24. The third kappa shape index (κ3) is 3.42. The van der Waals surface area contributed by atoms with Crippen molar-refractivity contribution >= 4 is 0 Å². The molecule has 0 aliphatic heterocycles. The Bertz CT molecular complexity index is 315. The zero-order valence-corrected chi connectivity index (χ0v) is 9.23. The number of phenols is 1. The van der Waals surface area contributed by atoms with Gasteiger partial charge >= 0.3 is 0 Å². The zero-order chi connectivity index (χ0) is 11.3. The molecule has 0 aliphatic carbocycles. The first kappa shape index (κ1) is 11.8. The van der Waals surface area contributed by atoms with Gasteiger partial charge in [0.1, 0.15) is 11.5 Å². The Morgan fingerprint density at radius 3 is 2.73 bits per heavy atom. The maximum absolute atomic E-state index is 9.70. The Hall–Kier alpha value is -1.26. The van der Waals surface area contributed by atoms with Crippen LogP contribution in [-0.2, 0) is 6.54 Å². The molecule has 4 heteroatoms. The minimum atomic E-state index is 0.262. The third-order valence-electron chi connectivity index (χ3n) is 2.24. The quantitative estimate of drug-likeness (QED) is 0.754. The number of aromatic hydroxyl groups is 1. The second-order valence-electron chi connectivity index (χ2n) is 3.52. The van der Waals surface area contributed by atoms with Crippen LogP contribution < -0.4 is 10.5 Å². The van der Waals surface area contributed by atoms with Gasteiger partial charge in [-0.1, -0.05) is 6.07 Å². The fourth-order valence-corrected chi connectivity index (χ4v) is 1.39. The summed E-state index contributed by atoms with van der Waals surface area (Å²) in [4.78, 5) is 2.06. The molecule has 0 saturated carbocycles. The normalized spacial score (nSPS) is 10.7. The number of benzene rings is 1. The van der Waals surface area contributed by atoms with Crippen LogP contribution in [0.2, 0.25) is 0 Å². The van der Waals surface area contributed by atoms with Gasteiger partial charge in [0, 0.05) is 31.3 Å². The van der Waals surface area contributed by atoms with Gasteiger partial charge < -0.3 is 20.5 Å². The number of nitrogens with two attached hydrogens (primary N) is 1. The first-order valence-corrected chi connectivity index (χ1v) is 4.92. The van der Waals surface area contributed by atoms with Crippen molar-refractivity contribution < 1.29 is 9.84 Å². The van der Waals surface area contributed by atoms with Gasteiger partial charge in [-0.15, -0.1) is 0 Å². The largest absolute Gasteiger partial charge is 0.507 e. The van der Waals surface area contributed by atoms with Crippen molar-refractivity contribution in [3.8, 4) is 11.5 Å². The molecule has 0 amide bonds. The maximum Gasteiger partial charge on any atom is 0.123 e. The highest BCUT2D eigenvalue weighted by Gasteiger charge is 2.05. The summed E-state index contributed by atoms with van der Waals surface area (Å²) in [7, 11) is 3.55. The molecule has 4 nitrogen and oxygen atoms in total. The van der Waals surface area contributed by atoms with Crippen LogP contribution in [-0.4, -0.2) is 37.3 Å². The predicted octanol–water partition coefficient (Wildman–Crippen LogP) is 0.791. The lowest BCUT2D eigenvalue weighted by atomic mass is 10.2. The molecular formula is C11H18N2O2. The van der Waals surface area contributed by atoms with Crippen LogP contribution in [0, 0.1) is 0 Å². The highest BCUT2D eigenvalue weighted by Crippen LogP contribution is 2.24. The standard InChI is InChI=1S/C11H18N2O2/c1-13(6-5-12)8-9-3-4-10(15-2)7-11(9)14/h3-4,7,14H,5-6,8,12H2,1-2H3. The molecule has 0 bridgehead atoms. The fourth-order valence-electron chi connectivity index (χ4n) is 1.39. The van der Waals surface area contributed by atoms with Gasteiger partial charge in [0.2, 0.25) is 0 Å². The van der Waals surface area contributed by atoms with Crippen LogP contribution in [0.5, 0.6) is 11.5 Å². The summed E-state index contributed by atoms with van der Waals surface area (Å²) in [5, 5.41) is 9.70. The molecule has 0 heterocycles. The van der Waals surface area contributed by atoms with E-state index in [-0.39, 0.29) is 5.75 Å². The van der Waals surface area contributed by atoms with Crippen molar-refractivity contribution in [2.45, 2.75) is 6.54 Å². The van der Waals surface area contributed by atoms with Crippen LogP contribution >= 0.6 is 0 Å². The molecule has 0 fully saturated rings. The number of ether oxygens (including phenoxy) is 1. The molecule has 0 unspecified atom stereocenters. The summed E-state index contributed by atoms with van der Waals surface area (Å²) in [5.41, 5.74) is 6.32. The van der Waals surface area contributed by atoms with Crippen LogP contribution in [0.3, 0.4) is 0 Å². The van der Waals surface area contributed by atoms with Crippen molar-refractivity contribution in [3.05, 3.63) is 23.8 Å². The minimum Gasteiger partial charge on any atom is -0.507 e. The van der Waals surface area contributed by atoms with Crippen molar-refractivity contribution in [2.75, 3.05) is 27.2 Å². The molecular weight excluding hydrogens is 192 g/mol. The lowest BCUT2D eigenvalue weighted by molar-refractivity contribution is 0.328. The first-order valence-electron chi connectivity index (χ1n) is 4.92. The number of nitrogens with zero attached hydrogens (tertiary/aromatic N) is 1. The lowest BCUT2D eigenvalue weighted by Crippen LogP contribution is -2.24. The molecule has 0 radical (unpaired) electrons. The summed E-state index contributed by atoms with van der Waals surface area (Å²) >= 11 is 0. The predicted molar refractivity (Wildman–Crippen MR) is 60.0 cm³/mol. The summed E-state index contributed by atoms with van der Waals surface area (Å²) in [6, 6.07) is 5.32. The summed E-state index contributed by atoms with van der Waals surface area (Å²) in [6.45, 7) is 2.12. The van der Waals surface area contributed by atoms with E-state index in [1.54, 1.807) is 13.2 Å². The van der Waals surface area contributed by atoms with Gasteiger partial charge in [0.05, 0.1) is 7.11 Å². The molecule has 1 rings (SSSR count). The summed E-state index contributed by atoms with van der Waals surface area (Å²) < 4.78 is 5.01. The maximum atomic E-state index is 9.70.